The molecule has 0 bridgehead atoms. The van der Waals surface area contributed by atoms with Crippen LogP contribution in [0.5, 0.6) is 5.75 Å². The second-order valence-electron chi connectivity index (χ2n) is 5.79. The van der Waals surface area contributed by atoms with E-state index < -0.39 is 0 Å². The van der Waals surface area contributed by atoms with E-state index in [4.69, 9.17) is 4.74 Å². The van der Waals surface area contributed by atoms with Gasteiger partial charge in [0.05, 0.1) is 13.1 Å². The van der Waals surface area contributed by atoms with Gasteiger partial charge in [-0.05, 0) is 35.9 Å². The molecule has 5 heteroatoms. The Morgan fingerprint density at radius 2 is 1.96 bits per heavy atom. The zero-order chi connectivity index (χ0) is 17.5. The molecule has 0 unspecified atom stereocenters. The molecule has 0 aliphatic heterocycles. The highest BCUT2D eigenvalue weighted by Crippen LogP contribution is 2.14. The van der Waals surface area contributed by atoms with Crippen molar-refractivity contribution in [1.29, 1.82) is 0 Å². The smallest absolute Gasteiger partial charge is 0.253 e. The van der Waals surface area contributed by atoms with Crippen LogP contribution in [0.4, 0.5) is 0 Å². The first-order valence-corrected chi connectivity index (χ1v) is 8.22. The third-order valence-corrected chi connectivity index (χ3v) is 3.87. The van der Waals surface area contributed by atoms with E-state index in [-0.39, 0.29) is 5.91 Å². The molecule has 0 fully saturated rings. The Balaban J connectivity index is 1.51. The largest absolute Gasteiger partial charge is 0.492 e. The van der Waals surface area contributed by atoms with Gasteiger partial charge in [0.2, 0.25) is 0 Å². The van der Waals surface area contributed by atoms with Crippen LogP contribution in [-0.4, -0.2) is 40.8 Å². The highest BCUT2D eigenvalue weighted by Gasteiger charge is 2.10. The van der Waals surface area contributed by atoms with Crippen molar-refractivity contribution in [2.45, 2.75) is 6.54 Å². The topological polar surface area (TPSA) is 47.4 Å². The van der Waals surface area contributed by atoms with Gasteiger partial charge in [0, 0.05) is 25.0 Å². The molecule has 3 rings (SSSR count). The van der Waals surface area contributed by atoms with Crippen LogP contribution in [0.1, 0.15) is 15.9 Å². The fourth-order valence-corrected chi connectivity index (χ4v) is 2.52. The maximum atomic E-state index is 12.3. The maximum Gasteiger partial charge on any atom is 0.253 e. The summed E-state index contributed by atoms with van der Waals surface area (Å²) in [5.74, 6) is 0.793. The Bertz CT molecular complexity index is 801. The molecule has 0 aliphatic rings. The number of hydrogen-bond donors (Lipinski definition) is 0. The van der Waals surface area contributed by atoms with E-state index in [1.807, 2.05) is 71.5 Å². The third-order valence-electron chi connectivity index (χ3n) is 3.87. The van der Waals surface area contributed by atoms with Gasteiger partial charge in [-0.25, -0.2) is 0 Å². The van der Waals surface area contributed by atoms with Gasteiger partial charge in [-0.15, -0.1) is 0 Å². The van der Waals surface area contributed by atoms with Crippen molar-refractivity contribution >= 4 is 5.91 Å². The Hall–Kier alpha value is -3.08. The summed E-state index contributed by atoms with van der Waals surface area (Å²) >= 11 is 0. The molecule has 3 aromatic rings. The summed E-state index contributed by atoms with van der Waals surface area (Å²) in [6.07, 6.45) is 3.69. The number of benzene rings is 2. The van der Waals surface area contributed by atoms with Crippen LogP contribution in [0.15, 0.2) is 73.1 Å². The molecule has 128 valence electrons. The van der Waals surface area contributed by atoms with Gasteiger partial charge in [-0.2, -0.15) is 5.10 Å². The molecule has 5 nitrogen and oxygen atoms in total. The number of aromatic nitrogens is 2. The normalized spacial score (nSPS) is 10.4. The Morgan fingerprint density at radius 1 is 1.12 bits per heavy atom. The summed E-state index contributed by atoms with van der Waals surface area (Å²) in [6, 6.07) is 19.1. The standard InChI is InChI=1S/C20H21N3O2/c1-22(20(24)18-8-3-2-4-9-18)13-14-25-19-10-5-7-17(15-19)16-23-12-6-11-21-23/h2-12,15H,13-14,16H2,1H3. The van der Waals surface area contributed by atoms with Crippen LogP contribution in [0.2, 0.25) is 0 Å². The number of amides is 1. The Morgan fingerprint density at radius 3 is 2.72 bits per heavy atom. The lowest BCUT2D eigenvalue weighted by Crippen LogP contribution is -2.30. The molecular formula is C20H21N3O2. The van der Waals surface area contributed by atoms with Crippen LogP contribution in [0.3, 0.4) is 0 Å². The summed E-state index contributed by atoms with van der Waals surface area (Å²) in [4.78, 5) is 13.9. The van der Waals surface area contributed by atoms with E-state index >= 15 is 0 Å². The summed E-state index contributed by atoms with van der Waals surface area (Å²) < 4.78 is 7.67. The van der Waals surface area contributed by atoms with E-state index in [1.54, 1.807) is 18.1 Å². The molecule has 0 radical (unpaired) electrons. The van der Waals surface area contributed by atoms with E-state index in [2.05, 4.69) is 5.10 Å². The number of hydrogen-bond acceptors (Lipinski definition) is 3. The molecule has 0 saturated heterocycles. The predicted molar refractivity (Wildman–Crippen MR) is 96.7 cm³/mol. The first-order chi connectivity index (χ1) is 12.2. The predicted octanol–water partition coefficient (Wildman–Crippen LogP) is 3.08. The summed E-state index contributed by atoms with van der Waals surface area (Å²) in [7, 11) is 1.78. The first-order valence-electron chi connectivity index (χ1n) is 8.22. The van der Waals surface area contributed by atoms with Gasteiger partial charge in [-0.1, -0.05) is 30.3 Å². The van der Waals surface area contributed by atoms with Crippen molar-refractivity contribution in [3.05, 3.63) is 84.2 Å². The van der Waals surface area contributed by atoms with Crippen molar-refractivity contribution in [2.24, 2.45) is 0 Å². The van der Waals surface area contributed by atoms with Crippen molar-refractivity contribution < 1.29 is 9.53 Å². The van der Waals surface area contributed by atoms with Gasteiger partial charge < -0.3 is 9.64 Å². The second kappa shape index (κ2) is 8.15. The summed E-state index contributed by atoms with van der Waals surface area (Å²) in [5.41, 5.74) is 1.81. The minimum absolute atomic E-state index is 0.00312. The minimum atomic E-state index is -0.00312. The van der Waals surface area contributed by atoms with Crippen LogP contribution >= 0.6 is 0 Å². The molecule has 1 heterocycles. The monoisotopic (exact) mass is 335 g/mol. The highest BCUT2D eigenvalue weighted by molar-refractivity contribution is 5.93. The third kappa shape index (κ3) is 4.70. The van der Waals surface area contributed by atoms with Crippen LogP contribution in [0.25, 0.3) is 0 Å². The van der Waals surface area contributed by atoms with E-state index in [9.17, 15) is 4.79 Å². The average Bonchev–Trinajstić information content (AvgIpc) is 3.15. The fraction of sp³-hybridized carbons (Fsp3) is 0.200. The van der Waals surface area contributed by atoms with Gasteiger partial charge in [-0.3, -0.25) is 9.48 Å². The number of carbonyl (C=O) groups is 1. The fourth-order valence-electron chi connectivity index (χ4n) is 2.52. The Labute approximate surface area is 147 Å². The second-order valence-corrected chi connectivity index (χ2v) is 5.79. The molecule has 0 atom stereocenters. The minimum Gasteiger partial charge on any atom is -0.492 e. The SMILES string of the molecule is CN(CCOc1cccc(Cn2cccn2)c1)C(=O)c1ccccc1. The molecule has 1 aromatic heterocycles. The lowest BCUT2D eigenvalue weighted by Gasteiger charge is -2.17. The Kier molecular flexibility index (Phi) is 5.46. The number of likely N-dealkylation sites (N-methyl/N-ethyl adjacent to an activating group) is 1. The van der Waals surface area contributed by atoms with Crippen molar-refractivity contribution in [3.8, 4) is 5.75 Å². The van der Waals surface area contributed by atoms with E-state index in [1.165, 1.54) is 0 Å². The first kappa shape index (κ1) is 16.8. The van der Waals surface area contributed by atoms with Gasteiger partial charge in [0.1, 0.15) is 12.4 Å². The molecule has 0 N–H and O–H groups in total. The number of ether oxygens (including phenoxy) is 1. The molecule has 2 aromatic carbocycles. The molecule has 0 aliphatic carbocycles. The van der Waals surface area contributed by atoms with Crippen molar-refractivity contribution in [2.75, 3.05) is 20.2 Å². The van der Waals surface area contributed by atoms with Crippen molar-refractivity contribution in [3.63, 3.8) is 0 Å². The molecule has 0 spiro atoms. The zero-order valence-corrected chi connectivity index (χ0v) is 14.2. The molecule has 25 heavy (non-hydrogen) atoms. The zero-order valence-electron chi connectivity index (χ0n) is 14.2. The average molecular weight is 335 g/mol. The maximum absolute atomic E-state index is 12.3. The molecular weight excluding hydrogens is 314 g/mol. The lowest BCUT2D eigenvalue weighted by atomic mass is 10.2. The van der Waals surface area contributed by atoms with Crippen molar-refractivity contribution in [1.82, 2.24) is 14.7 Å². The van der Waals surface area contributed by atoms with Gasteiger partial charge in [0.15, 0.2) is 0 Å². The van der Waals surface area contributed by atoms with Gasteiger partial charge >= 0.3 is 0 Å². The van der Waals surface area contributed by atoms with Gasteiger partial charge in [0.25, 0.3) is 5.91 Å². The number of rotatable bonds is 7. The van der Waals surface area contributed by atoms with E-state index in [0.29, 0.717) is 25.3 Å². The molecule has 1 amide bonds. The van der Waals surface area contributed by atoms with Crippen LogP contribution in [0, 0.1) is 0 Å². The number of nitrogens with zero attached hydrogens (tertiary/aromatic N) is 3. The molecule has 0 saturated carbocycles. The van der Waals surface area contributed by atoms with E-state index in [0.717, 1.165) is 11.3 Å². The highest BCUT2D eigenvalue weighted by atomic mass is 16.5. The summed E-state index contributed by atoms with van der Waals surface area (Å²) in [5, 5.41) is 4.21. The quantitative estimate of drug-likeness (QED) is 0.667. The van der Waals surface area contributed by atoms with Crippen LogP contribution < -0.4 is 4.74 Å². The number of carbonyl (C=O) groups excluding carboxylic acids is 1. The summed E-state index contributed by atoms with van der Waals surface area (Å²) in [6.45, 7) is 1.67. The van der Waals surface area contributed by atoms with Crippen LogP contribution in [-0.2, 0) is 6.54 Å². The lowest BCUT2D eigenvalue weighted by molar-refractivity contribution is 0.0773.